The van der Waals surface area contributed by atoms with Gasteiger partial charge >= 0.3 is 0 Å². The second-order valence-corrected chi connectivity index (χ2v) is 6.94. The number of hydrogen-bond acceptors (Lipinski definition) is 6. The van der Waals surface area contributed by atoms with Gasteiger partial charge in [0.25, 0.3) is 0 Å². The van der Waals surface area contributed by atoms with E-state index in [1.165, 1.54) is 22.1 Å². The molecule has 2 heterocycles. The summed E-state index contributed by atoms with van der Waals surface area (Å²) in [5.41, 5.74) is 0. The van der Waals surface area contributed by atoms with E-state index in [1.807, 2.05) is 7.05 Å². The van der Waals surface area contributed by atoms with Crippen LogP contribution in [0.1, 0.15) is 19.2 Å². The fraction of sp³-hybridized carbons (Fsp3) is 0.909. The maximum absolute atomic E-state index is 4.29. The lowest BCUT2D eigenvalue weighted by Gasteiger charge is -2.29. The number of aryl methyl sites for hydroxylation is 1. The number of aromatic nitrogens is 4. The molecule has 1 saturated heterocycles. The number of tetrazole rings is 1. The molecule has 2 rings (SSSR count). The molecule has 0 aromatic carbocycles. The Kier molecular flexibility index (Phi) is 5.78. The highest BCUT2D eigenvalue weighted by Crippen LogP contribution is 2.27. The van der Waals surface area contributed by atoms with Gasteiger partial charge in [-0.25, -0.2) is 0 Å². The molecule has 1 fully saturated rings. The van der Waals surface area contributed by atoms with Crippen molar-refractivity contribution < 1.29 is 0 Å². The van der Waals surface area contributed by atoms with Gasteiger partial charge in [0.05, 0.1) is 7.05 Å². The minimum atomic E-state index is 0.465. The lowest BCUT2D eigenvalue weighted by Crippen LogP contribution is -2.43. The molecule has 0 amide bonds. The van der Waals surface area contributed by atoms with Crippen molar-refractivity contribution in [3.05, 3.63) is 5.82 Å². The van der Waals surface area contributed by atoms with Crippen molar-refractivity contribution in [2.45, 2.75) is 31.1 Å². The van der Waals surface area contributed by atoms with Crippen LogP contribution in [0.5, 0.6) is 0 Å². The highest BCUT2D eigenvalue weighted by atomic mass is 32.2. The van der Waals surface area contributed by atoms with Crippen molar-refractivity contribution in [2.24, 2.45) is 7.05 Å². The zero-order valence-electron chi connectivity index (χ0n) is 11.0. The summed E-state index contributed by atoms with van der Waals surface area (Å²) >= 11 is 4.14. The zero-order chi connectivity index (χ0) is 12.8. The van der Waals surface area contributed by atoms with Crippen LogP contribution in [0.3, 0.4) is 0 Å². The van der Waals surface area contributed by atoms with E-state index < -0.39 is 0 Å². The molecule has 0 saturated carbocycles. The fourth-order valence-corrected chi connectivity index (χ4v) is 4.89. The first-order chi connectivity index (χ1) is 8.79. The molecule has 0 radical (unpaired) electrons. The van der Waals surface area contributed by atoms with Gasteiger partial charge in [-0.05, 0) is 18.2 Å². The van der Waals surface area contributed by atoms with Crippen LogP contribution in [0, 0.1) is 0 Å². The molecule has 7 heteroatoms. The van der Waals surface area contributed by atoms with Gasteiger partial charge in [0, 0.05) is 35.0 Å². The Morgan fingerprint density at radius 2 is 2.39 bits per heavy atom. The molecule has 5 nitrogen and oxygen atoms in total. The third kappa shape index (κ3) is 4.13. The monoisotopic (exact) mass is 287 g/mol. The first kappa shape index (κ1) is 14.1. The lowest BCUT2D eigenvalue weighted by molar-refractivity contribution is 0.495. The standard InChI is InChI=1S/C11H21N5S2/c1-3-4-12-9(10-8-17-5-6-18-10)7-11-13-15-16(2)14-11/h9-10,12H,3-8H2,1-2H3. The topological polar surface area (TPSA) is 55.6 Å². The molecular weight excluding hydrogens is 266 g/mol. The maximum atomic E-state index is 4.29. The van der Waals surface area contributed by atoms with Crippen LogP contribution in [-0.2, 0) is 13.5 Å². The van der Waals surface area contributed by atoms with Crippen molar-refractivity contribution in [2.75, 3.05) is 23.8 Å². The predicted molar refractivity (Wildman–Crippen MR) is 78.2 cm³/mol. The van der Waals surface area contributed by atoms with Gasteiger partial charge in [0.2, 0.25) is 0 Å². The summed E-state index contributed by atoms with van der Waals surface area (Å²) in [7, 11) is 1.82. The molecule has 1 aromatic rings. The molecule has 0 spiro atoms. The normalized spacial score (nSPS) is 22.0. The Hall–Kier alpha value is -0.270. The molecule has 1 aromatic heterocycles. The number of nitrogens with zero attached hydrogens (tertiary/aromatic N) is 4. The number of rotatable bonds is 6. The third-order valence-corrected chi connectivity index (χ3v) is 5.82. The minimum absolute atomic E-state index is 0.465. The minimum Gasteiger partial charge on any atom is -0.312 e. The van der Waals surface area contributed by atoms with Crippen molar-refractivity contribution in [1.82, 2.24) is 25.5 Å². The predicted octanol–water partition coefficient (Wildman–Crippen LogP) is 0.969. The van der Waals surface area contributed by atoms with E-state index >= 15 is 0 Å². The molecule has 0 aliphatic carbocycles. The average molecular weight is 287 g/mol. The van der Waals surface area contributed by atoms with E-state index in [0.29, 0.717) is 11.3 Å². The second kappa shape index (κ2) is 7.35. The number of hydrogen-bond donors (Lipinski definition) is 1. The van der Waals surface area contributed by atoms with Crippen molar-refractivity contribution >= 4 is 23.5 Å². The highest BCUT2D eigenvalue weighted by Gasteiger charge is 2.25. The summed E-state index contributed by atoms with van der Waals surface area (Å²) in [5.74, 6) is 4.62. The second-order valence-electron chi connectivity index (χ2n) is 4.44. The van der Waals surface area contributed by atoms with Crippen molar-refractivity contribution in [1.29, 1.82) is 0 Å². The average Bonchev–Trinajstić information content (AvgIpc) is 2.81. The molecule has 1 aliphatic rings. The Morgan fingerprint density at radius 1 is 1.50 bits per heavy atom. The van der Waals surface area contributed by atoms with E-state index in [4.69, 9.17) is 0 Å². The Balaban J connectivity index is 1.94. The molecule has 2 atom stereocenters. The van der Waals surface area contributed by atoms with E-state index in [9.17, 15) is 0 Å². The van der Waals surface area contributed by atoms with Crippen LogP contribution >= 0.6 is 23.5 Å². The highest BCUT2D eigenvalue weighted by molar-refractivity contribution is 8.06. The number of thioether (sulfide) groups is 2. The summed E-state index contributed by atoms with van der Waals surface area (Å²) in [4.78, 5) is 1.54. The molecule has 1 N–H and O–H groups in total. The molecule has 18 heavy (non-hydrogen) atoms. The van der Waals surface area contributed by atoms with Crippen LogP contribution < -0.4 is 5.32 Å². The molecule has 0 bridgehead atoms. The van der Waals surface area contributed by atoms with Crippen LogP contribution in [0.2, 0.25) is 0 Å². The maximum Gasteiger partial charge on any atom is 0.176 e. The van der Waals surface area contributed by atoms with Crippen LogP contribution in [0.25, 0.3) is 0 Å². The molecular formula is C11H21N5S2. The first-order valence-electron chi connectivity index (χ1n) is 6.45. The van der Waals surface area contributed by atoms with Gasteiger partial charge in [0.1, 0.15) is 0 Å². The summed E-state index contributed by atoms with van der Waals surface area (Å²) in [6.07, 6.45) is 2.04. The van der Waals surface area contributed by atoms with E-state index in [0.717, 1.165) is 25.2 Å². The van der Waals surface area contributed by atoms with Crippen molar-refractivity contribution in [3.63, 3.8) is 0 Å². The fourth-order valence-electron chi connectivity index (χ4n) is 2.00. The summed E-state index contributed by atoms with van der Waals surface area (Å²) in [5, 5.41) is 16.6. The van der Waals surface area contributed by atoms with E-state index in [-0.39, 0.29) is 0 Å². The quantitative estimate of drug-likeness (QED) is 0.841. The van der Waals surface area contributed by atoms with Gasteiger partial charge in [0.15, 0.2) is 5.82 Å². The number of nitrogens with one attached hydrogen (secondary N) is 1. The Bertz CT molecular complexity index is 351. The molecule has 102 valence electrons. The third-order valence-electron chi connectivity index (χ3n) is 2.90. The van der Waals surface area contributed by atoms with Gasteiger partial charge < -0.3 is 5.32 Å². The SMILES string of the molecule is CCCNC(Cc1nnn(C)n1)C1CSCCS1. The summed E-state index contributed by atoms with van der Waals surface area (Å²) in [6, 6.07) is 0.465. The van der Waals surface area contributed by atoms with Gasteiger partial charge in [-0.2, -0.15) is 28.3 Å². The van der Waals surface area contributed by atoms with Gasteiger partial charge in [-0.3, -0.25) is 0 Å². The molecule has 2 unspecified atom stereocenters. The van der Waals surface area contributed by atoms with E-state index in [1.54, 1.807) is 0 Å². The van der Waals surface area contributed by atoms with Crippen LogP contribution in [0.15, 0.2) is 0 Å². The van der Waals surface area contributed by atoms with Gasteiger partial charge in [-0.1, -0.05) is 6.92 Å². The van der Waals surface area contributed by atoms with E-state index in [2.05, 4.69) is 51.2 Å². The first-order valence-corrected chi connectivity index (χ1v) is 8.65. The largest absolute Gasteiger partial charge is 0.312 e. The van der Waals surface area contributed by atoms with Crippen LogP contribution in [-0.4, -0.2) is 55.3 Å². The Morgan fingerprint density at radius 3 is 3.00 bits per heavy atom. The Labute approximate surface area is 117 Å². The van der Waals surface area contributed by atoms with Gasteiger partial charge in [-0.15, -0.1) is 10.2 Å². The van der Waals surface area contributed by atoms with Crippen LogP contribution in [0.4, 0.5) is 0 Å². The zero-order valence-corrected chi connectivity index (χ0v) is 12.6. The lowest BCUT2D eigenvalue weighted by atomic mass is 10.1. The summed E-state index contributed by atoms with van der Waals surface area (Å²) in [6.45, 7) is 3.26. The smallest absolute Gasteiger partial charge is 0.176 e. The summed E-state index contributed by atoms with van der Waals surface area (Å²) < 4.78 is 0. The molecule has 1 aliphatic heterocycles. The van der Waals surface area contributed by atoms with Crippen molar-refractivity contribution in [3.8, 4) is 0 Å².